The van der Waals surface area contributed by atoms with E-state index in [2.05, 4.69) is 41.4 Å². The molecule has 1 aromatic rings. The number of aryl methyl sites for hydroxylation is 1. The second-order valence-electron chi connectivity index (χ2n) is 4.88. The van der Waals surface area contributed by atoms with Crippen LogP contribution in [-0.2, 0) is 4.79 Å². The molecular weight excluding hydrogens is 228 g/mol. The molecule has 1 aromatic carbocycles. The molecule has 2 N–H and O–H groups in total. The normalized spacial score (nSPS) is 20.5. The van der Waals surface area contributed by atoms with Crippen LogP contribution >= 0.6 is 0 Å². The summed E-state index contributed by atoms with van der Waals surface area (Å²) in [5, 5.41) is 12.2. The van der Waals surface area contributed by atoms with Crippen molar-refractivity contribution in [1.29, 1.82) is 0 Å². The van der Waals surface area contributed by atoms with Gasteiger partial charge in [-0.2, -0.15) is 0 Å². The largest absolute Gasteiger partial charge is 0.481 e. The van der Waals surface area contributed by atoms with Crippen LogP contribution in [0.4, 0.5) is 5.69 Å². The highest BCUT2D eigenvalue weighted by molar-refractivity contribution is 5.67. The predicted molar refractivity (Wildman–Crippen MR) is 72.1 cm³/mol. The monoisotopic (exact) mass is 248 g/mol. The van der Waals surface area contributed by atoms with Crippen LogP contribution in [0.1, 0.15) is 18.4 Å². The molecule has 1 aliphatic rings. The van der Waals surface area contributed by atoms with Crippen LogP contribution in [0.3, 0.4) is 0 Å². The average Bonchev–Trinajstić information content (AvgIpc) is 2.55. The molecule has 2 rings (SSSR count). The Bertz CT molecular complexity index is 403. The zero-order chi connectivity index (χ0) is 13.0. The van der Waals surface area contributed by atoms with E-state index in [0.29, 0.717) is 0 Å². The van der Waals surface area contributed by atoms with Crippen LogP contribution in [-0.4, -0.2) is 36.8 Å². The third-order valence-corrected chi connectivity index (χ3v) is 3.30. The first-order valence-corrected chi connectivity index (χ1v) is 6.42. The highest BCUT2D eigenvalue weighted by atomic mass is 16.4. The van der Waals surface area contributed by atoms with E-state index < -0.39 is 5.97 Å². The van der Waals surface area contributed by atoms with E-state index in [9.17, 15) is 4.79 Å². The van der Waals surface area contributed by atoms with E-state index in [-0.39, 0.29) is 12.5 Å². The molecule has 0 amide bonds. The fraction of sp³-hybridized carbons (Fsp3) is 0.500. The number of carboxylic acid groups (broad SMARTS) is 1. The Morgan fingerprint density at radius 1 is 1.44 bits per heavy atom. The number of hydrogen-bond donors (Lipinski definition) is 2. The van der Waals surface area contributed by atoms with Gasteiger partial charge in [0.1, 0.15) is 0 Å². The van der Waals surface area contributed by atoms with Crippen LogP contribution in [0.15, 0.2) is 24.3 Å². The molecule has 18 heavy (non-hydrogen) atoms. The van der Waals surface area contributed by atoms with Gasteiger partial charge in [-0.3, -0.25) is 4.79 Å². The summed E-state index contributed by atoms with van der Waals surface area (Å²) in [5.74, 6) is -0.738. The van der Waals surface area contributed by atoms with E-state index in [1.54, 1.807) is 0 Å². The molecule has 0 bridgehead atoms. The Balaban J connectivity index is 2.06. The van der Waals surface area contributed by atoms with Crippen molar-refractivity contribution in [2.24, 2.45) is 0 Å². The number of anilines is 1. The van der Waals surface area contributed by atoms with Crippen LogP contribution in [0.25, 0.3) is 0 Å². The van der Waals surface area contributed by atoms with E-state index >= 15 is 0 Å². The molecule has 4 nitrogen and oxygen atoms in total. The topological polar surface area (TPSA) is 52.6 Å². The highest BCUT2D eigenvalue weighted by Crippen LogP contribution is 2.17. The van der Waals surface area contributed by atoms with Gasteiger partial charge in [0.25, 0.3) is 0 Å². The van der Waals surface area contributed by atoms with E-state index in [1.807, 2.05) is 0 Å². The lowest BCUT2D eigenvalue weighted by Gasteiger charge is -2.26. The number of hydrogen-bond acceptors (Lipinski definition) is 3. The van der Waals surface area contributed by atoms with Crippen molar-refractivity contribution in [2.75, 3.05) is 24.5 Å². The third kappa shape index (κ3) is 3.47. The molecule has 1 heterocycles. The first kappa shape index (κ1) is 12.9. The molecule has 0 saturated carbocycles. The summed E-state index contributed by atoms with van der Waals surface area (Å²) in [6.07, 6.45) is 1.23. The molecule has 0 spiro atoms. The molecule has 1 aliphatic heterocycles. The van der Waals surface area contributed by atoms with Gasteiger partial charge in [-0.1, -0.05) is 17.7 Å². The number of carbonyl (C=O) groups is 1. The fourth-order valence-corrected chi connectivity index (χ4v) is 2.34. The summed E-state index contributed by atoms with van der Waals surface area (Å²) in [7, 11) is 0. The van der Waals surface area contributed by atoms with Crippen LogP contribution in [0.5, 0.6) is 0 Å². The van der Waals surface area contributed by atoms with Crippen LogP contribution in [0.2, 0.25) is 0 Å². The summed E-state index contributed by atoms with van der Waals surface area (Å²) >= 11 is 0. The summed E-state index contributed by atoms with van der Waals surface area (Å²) in [5.41, 5.74) is 2.42. The van der Waals surface area contributed by atoms with Crippen molar-refractivity contribution >= 4 is 11.7 Å². The Morgan fingerprint density at radius 3 is 2.83 bits per heavy atom. The minimum absolute atomic E-state index is 0.0336. The summed E-state index contributed by atoms with van der Waals surface area (Å²) in [4.78, 5) is 13.1. The Kier molecular flexibility index (Phi) is 4.20. The molecule has 0 radical (unpaired) electrons. The summed E-state index contributed by atoms with van der Waals surface area (Å²) in [6, 6.07) is 8.45. The number of nitrogens with zero attached hydrogens (tertiary/aromatic N) is 1. The SMILES string of the molecule is Cc1ccc(N2CCCNC(CC(=O)O)C2)cc1. The van der Waals surface area contributed by atoms with Crippen molar-refractivity contribution in [3.8, 4) is 0 Å². The molecular formula is C14H20N2O2. The quantitative estimate of drug-likeness (QED) is 0.854. The van der Waals surface area contributed by atoms with Gasteiger partial charge in [0.15, 0.2) is 0 Å². The lowest BCUT2D eigenvalue weighted by Crippen LogP contribution is -2.39. The lowest BCUT2D eigenvalue weighted by atomic mass is 10.1. The fourth-order valence-electron chi connectivity index (χ4n) is 2.34. The minimum atomic E-state index is -0.738. The molecule has 1 saturated heterocycles. The number of nitrogens with one attached hydrogen (secondary N) is 1. The van der Waals surface area contributed by atoms with Crippen molar-refractivity contribution in [3.05, 3.63) is 29.8 Å². The van der Waals surface area contributed by atoms with Crippen molar-refractivity contribution in [2.45, 2.75) is 25.8 Å². The lowest BCUT2D eigenvalue weighted by molar-refractivity contribution is -0.137. The second kappa shape index (κ2) is 5.87. The van der Waals surface area contributed by atoms with Gasteiger partial charge in [-0.15, -0.1) is 0 Å². The van der Waals surface area contributed by atoms with Gasteiger partial charge in [0.05, 0.1) is 6.42 Å². The standard InChI is InChI=1S/C14H20N2O2/c1-11-3-5-13(6-4-11)16-8-2-7-15-12(10-16)9-14(17)18/h3-6,12,15H,2,7-10H2,1H3,(H,17,18). The average molecular weight is 248 g/mol. The summed E-state index contributed by atoms with van der Waals surface area (Å²) in [6.45, 7) is 4.70. The zero-order valence-corrected chi connectivity index (χ0v) is 10.7. The van der Waals surface area contributed by atoms with Gasteiger partial charge in [-0.05, 0) is 32.0 Å². The van der Waals surface area contributed by atoms with E-state index in [1.165, 1.54) is 11.3 Å². The Hall–Kier alpha value is -1.55. The molecule has 4 heteroatoms. The molecule has 0 aromatic heterocycles. The summed E-state index contributed by atoms with van der Waals surface area (Å²) < 4.78 is 0. The van der Waals surface area contributed by atoms with Gasteiger partial charge in [0.2, 0.25) is 0 Å². The zero-order valence-electron chi connectivity index (χ0n) is 10.7. The molecule has 1 unspecified atom stereocenters. The maximum atomic E-state index is 10.8. The number of rotatable bonds is 3. The van der Waals surface area contributed by atoms with Crippen LogP contribution in [0, 0.1) is 6.92 Å². The first-order valence-electron chi connectivity index (χ1n) is 6.42. The molecule has 0 aliphatic carbocycles. The van der Waals surface area contributed by atoms with Crippen molar-refractivity contribution < 1.29 is 9.90 Å². The Morgan fingerprint density at radius 2 is 2.17 bits per heavy atom. The number of aliphatic carboxylic acids is 1. The maximum absolute atomic E-state index is 10.8. The van der Waals surface area contributed by atoms with Gasteiger partial charge < -0.3 is 15.3 Å². The first-order chi connectivity index (χ1) is 8.65. The third-order valence-electron chi connectivity index (χ3n) is 3.30. The highest BCUT2D eigenvalue weighted by Gasteiger charge is 2.20. The predicted octanol–water partition coefficient (Wildman–Crippen LogP) is 1.64. The minimum Gasteiger partial charge on any atom is -0.481 e. The molecule has 1 atom stereocenters. The van der Waals surface area contributed by atoms with Crippen molar-refractivity contribution in [3.63, 3.8) is 0 Å². The van der Waals surface area contributed by atoms with E-state index in [4.69, 9.17) is 5.11 Å². The second-order valence-corrected chi connectivity index (χ2v) is 4.88. The van der Waals surface area contributed by atoms with Gasteiger partial charge >= 0.3 is 5.97 Å². The van der Waals surface area contributed by atoms with E-state index in [0.717, 1.165) is 26.1 Å². The number of carboxylic acids is 1. The van der Waals surface area contributed by atoms with Crippen LogP contribution < -0.4 is 10.2 Å². The molecule has 1 fully saturated rings. The molecule has 98 valence electrons. The van der Waals surface area contributed by atoms with Crippen molar-refractivity contribution in [1.82, 2.24) is 5.32 Å². The Labute approximate surface area is 108 Å². The maximum Gasteiger partial charge on any atom is 0.304 e. The number of benzene rings is 1. The van der Waals surface area contributed by atoms with Gasteiger partial charge in [0, 0.05) is 24.8 Å². The van der Waals surface area contributed by atoms with Gasteiger partial charge in [-0.25, -0.2) is 0 Å². The smallest absolute Gasteiger partial charge is 0.304 e.